The monoisotopic (exact) mass is 315 g/mol. The zero-order valence-electron chi connectivity index (χ0n) is 13.2. The molecule has 0 radical (unpaired) electrons. The lowest BCUT2D eigenvalue weighted by molar-refractivity contribution is 0.951. The molecule has 2 heterocycles. The van der Waals surface area contributed by atoms with Gasteiger partial charge in [0.15, 0.2) is 5.82 Å². The van der Waals surface area contributed by atoms with E-state index in [-0.39, 0.29) is 0 Å². The van der Waals surface area contributed by atoms with E-state index in [0.717, 1.165) is 41.4 Å². The summed E-state index contributed by atoms with van der Waals surface area (Å²) < 4.78 is 0. The lowest BCUT2D eigenvalue weighted by Crippen LogP contribution is -1.94. The highest BCUT2D eigenvalue weighted by atomic mass is 15.1. The van der Waals surface area contributed by atoms with Gasteiger partial charge in [-0.15, -0.1) is 5.11 Å². The second-order valence-electron chi connectivity index (χ2n) is 5.76. The van der Waals surface area contributed by atoms with E-state index >= 15 is 0 Å². The number of hydrogen-bond acceptors (Lipinski definition) is 5. The second kappa shape index (κ2) is 6.20. The fourth-order valence-electron chi connectivity index (χ4n) is 2.87. The molecule has 0 aliphatic carbocycles. The number of nitrogen functional groups attached to an aromatic ring is 1. The van der Waals surface area contributed by atoms with E-state index in [9.17, 15) is 0 Å². The summed E-state index contributed by atoms with van der Waals surface area (Å²) in [6, 6.07) is 15.9. The Bertz CT molecular complexity index is 942. The molecule has 2 aromatic carbocycles. The summed E-state index contributed by atoms with van der Waals surface area (Å²) in [5.41, 5.74) is 9.71. The average Bonchev–Trinajstić information content (AvgIpc) is 3.16. The SMILES string of the molecule is Nc1ncc2ccccc2c1N=Nc1ccc(C2=NCCC2)cc1. The molecule has 0 spiro atoms. The number of fused-ring (bicyclic) bond motifs is 1. The van der Waals surface area contributed by atoms with Crippen molar-refractivity contribution in [2.45, 2.75) is 12.8 Å². The molecule has 0 saturated carbocycles. The van der Waals surface area contributed by atoms with E-state index in [1.54, 1.807) is 6.20 Å². The Balaban J connectivity index is 1.64. The molecule has 0 unspecified atom stereocenters. The Labute approximate surface area is 140 Å². The summed E-state index contributed by atoms with van der Waals surface area (Å²) in [5, 5.41) is 10.6. The number of anilines is 1. The van der Waals surface area contributed by atoms with E-state index in [2.05, 4.69) is 20.2 Å². The van der Waals surface area contributed by atoms with Gasteiger partial charge >= 0.3 is 0 Å². The molecule has 0 atom stereocenters. The molecule has 24 heavy (non-hydrogen) atoms. The van der Waals surface area contributed by atoms with Crippen LogP contribution < -0.4 is 5.73 Å². The van der Waals surface area contributed by atoms with Gasteiger partial charge in [0.25, 0.3) is 0 Å². The molecule has 2 N–H and O–H groups in total. The second-order valence-corrected chi connectivity index (χ2v) is 5.76. The predicted octanol–water partition coefficient (Wildman–Crippen LogP) is 4.82. The number of aliphatic imine (C=N–C) groups is 1. The van der Waals surface area contributed by atoms with Crippen molar-refractivity contribution < 1.29 is 0 Å². The molecule has 4 rings (SSSR count). The van der Waals surface area contributed by atoms with Crippen LogP contribution in [0.1, 0.15) is 18.4 Å². The van der Waals surface area contributed by atoms with Crippen molar-refractivity contribution in [3.05, 3.63) is 60.3 Å². The predicted molar refractivity (Wildman–Crippen MR) is 97.4 cm³/mol. The van der Waals surface area contributed by atoms with Crippen LogP contribution in [0, 0.1) is 0 Å². The van der Waals surface area contributed by atoms with Gasteiger partial charge in [-0.05, 0) is 30.5 Å². The Morgan fingerprint density at radius 1 is 0.958 bits per heavy atom. The van der Waals surface area contributed by atoms with Gasteiger partial charge in [-0.3, -0.25) is 4.99 Å². The zero-order valence-corrected chi connectivity index (χ0v) is 13.2. The third-order valence-electron chi connectivity index (χ3n) is 4.14. The molecule has 1 aromatic heterocycles. The van der Waals surface area contributed by atoms with Gasteiger partial charge in [-0.2, -0.15) is 5.11 Å². The van der Waals surface area contributed by atoms with Gasteiger partial charge in [-0.1, -0.05) is 36.4 Å². The molecular weight excluding hydrogens is 298 g/mol. The molecule has 5 nitrogen and oxygen atoms in total. The lowest BCUT2D eigenvalue weighted by atomic mass is 10.1. The number of benzene rings is 2. The third kappa shape index (κ3) is 2.76. The summed E-state index contributed by atoms with van der Waals surface area (Å²) in [7, 11) is 0. The maximum absolute atomic E-state index is 5.98. The minimum atomic E-state index is 0.384. The van der Waals surface area contributed by atoms with Gasteiger partial charge < -0.3 is 5.73 Å². The van der Waals surface area contributed by atoms with Crippen molar-refractivity contribution >= 4 is 33.7 Å². The summed E-state index contributed by atoms with van der Waals surface area (Å²) >= 11 is 0. The Hall–Kier alpha value is -3.08. The lowest BCUT2D eigenvalue weighted by Gasteiger charge is -2.04. The topological polar surface area (TPSA) is 76.0 Å². The van der Waals surface area contributed by atoms with Crippen molar-refractivity contribution in [2.24, 2.45) is 15.2 Å². The maximum Gasteiger partial charge on any atom is 0.151 e. The van der Waals surface area contributed by atoms with E-state index < -0.39 is 0 Å². The number of rotatable bonds is 3. The Kier molecular flexibility index (Phi) is 3.75. The van der Waals surface area contributed by atoms with Gasteiger partial charge in [0, 0.05) is 29.2 Å². The van der Waals surface area contributed by atoms with Crippen molar-refractivity contribution in [1.29, 1.82) is 0 Å². The van der Waals surface area contributed by atoms with E-state index in [0.29, 0.717) is 11.5 Å². The fourth-order valence-corrected chi connectivity index (χ4v) is 2.87. The van der Waals surface area contributed by atoms with Crippen LogP contribution in [0.25, 0.3) is 10.8 Å². The molecule has 0 fully saturated rings. The van der Waals surface area contributed by atoms with Crippen LogP contribution in [0.3, 0.4) is 0 Å². The van der Waals surface area contributed by atoms with Crippen LogP contribution in [0.4, 0.5) is 17.2 Å². The summed E-state index contributed by atoms with van der Waals surface area (Å²) in [5.74, 6) is 0.384. The number of hydrogen-bond donors (Lipinski definition) is 1. The quantitative estimate of drug-likeness (QED) is 0.704. The molecule has 1 aliphatic rings. The largest absolute Gasteiger partial charge is 0.382 e. The number of aromatic nitrogens is 1. The highest BCUT2D eigenvalue weighted by Crippen LogP contribution is 2.31. The summed E-state index contributed by atoms with van der Waals surface area (Å²) in [6.45, 7) is 0.935. The van der Waals surface area contributed by atoms with Crippen LogP contribution >= 0.6 is 0 Å². The minimum Gasteiger partial charge on any atom is -0.382 e. The zero-order chi connectivity index (χ0) is 16.4. The first-order chi connectivity index (χ1) is 11.8. The van der Waals surface area contributed by atoms with Gasteiger partial charge in [0.1, 0.15) is 5.69 Å². The minimum absolute atomic E-state index is 0.384. The van der Waals surface area contributed by atoms with Gasteiger partial charge in [-0.25, -0.2) is 4.98 Å². The molecule has 5 heteroatoms. The van der Waals surface area contributed by atoms with Crippen molar-refractivity contribution in [1.82, 2.24) is 4.98 Å². The van der Waals surface area contributed by atoms with Crippen molar-refractivity contribution in [3.8, 4) is 0 Å². The number of pyridine rings is 1. The van der Waals surface area contributed by atoms with Crippen LogP contribution in [0.15, 0.2) is 69.9 Å². The highest BCUT2D eigenvalue weighted by molar-refractivity contribution is 6.01. The first-order valence-electron chi connectivity index (χ1n) is 8.00. The van der Waals surface area contributed by atoms with Gasteiger partial charge in [0.2, 0.25) is 0 Å². The molecule has 0 saturated heterocycles. The Morgan fingerprint density at radius 2 is 1.79 bits per heavy atom. The van der Waals surface area contributed by atoms with Crippen molar-refractivity contribution in [2.75, 3.05) is 12.3 Å². The number of azo groups is 1. The van der Waals surface area contributed by atoms with E-state index in [4.69, 9.17) is 5.73 Å². The third-order valence-corrected chi connectivity index (χ3v) is 4.14. The molecule has 0 bridgehead atoms. The average molecular weight is 315 g/mol. The fraction of sp³-hybridized carbons (Fsp3) is 0.158. The summed E-state index contributed by atoms with van der Waals surface area (Å²) in [4.78, 5) is 8.71. The molecule has 118 valence electrons. The molecular formula is C19H17N5. The van der Waals surface area contributed by atoms with Crippen LogP contribution in [-0.4, -0.2) is 17.2 Å². The summed E-state index contributed by atoms with van der Waals surface area (Å²) in [6.07, 6.45) is 3.95. The molecule has 1 aliphatic heterocycles. The highest BCUT2D eigenvalue weighted by Gasteiger charge is 2.09. The van der Waals surface area contributed by atoms with Crippen LogP contribution in [0.2, 0.25) is 0 Å². The van der Waals surface area contributed by atoms with Crippen LogP contribution in [0.5, 0.6) is 0 Å². The molecule has 0 amide bonds. The van der Waals surface area contributed by atoms with E-state index in [1.807, 2.05) is 48.5 Å². The number of nitrogens with two attached hydrogens (primary N) is 1. The smallest absolute Gasteiger partial charge is 0.151 e. The maximum atomic E-state index is 5.98. The normalized spacial score (nSPS) is 14.4. The van der Waals surface area contributed by atoms with Gasteiger partial charge in [0.05, 0.1) is 5.69 Å². The first-order valence-corrected chi connectivity index (χ1v) is 8.00. The van der Waals surface area contributed by atoms with E-state index in [1.165, 1.54) is 5.71 Å². The standard InChI is InChI=1S/C19H17N5/c20-19-18(16-5-2-1-4-14(16)12-22-19)24-23-15-9-7-13(8-10-15)17-6-3-11-21-17/h1-2,4-5,7-10,12H,3,6,11H2,(H2,20,22). The van der Waals surface area contributed by atoms with Crippen molar-refractivity contribution in [3.63, 3.8) is 0 Å². The Morgan fingerprint density at radius 3 is 2.58 bits per heavy atom. The van der Waals surface area contributed by atoms with Crippen LogP contribution in [-0.2, 0) is 0 Å². The molecule has 3 aromatic rings. The first kappa shape index (κ1) is 14.5. The number of nitrogens with zero attached hydrogens (tertiary/aromatic N) is 4.